The number of ether oxygens (including phenoxy) is 8. The number of likely N-dealkylation sites (N-methyl/N-ethyl adjacent to an activating group) is 1. The first kappa shape index (κ1) is 64.9. The highest BCUT2D eigenvalue weighted by atomic mass is 32.2. The van der Waals surface area contributed by atoms with Crippen LogP contribution in [0.3, 0.4) is 0 Å². The fourth-order valence-electron chi connectivity index (χ4n) is 8.36. The summed E-state index contributed by atoms with van der Waals surface area (Å²) in [6.07, 6.45) is -16.2. The number of para-hydroxylation sites is 1. The van der Waals surface area contributed by atoms with Gasteiger partial charge in [-0.2, -0.15) is 0 Å². The molecule has 1 saturated heterocycles. The van der Waals surface area contributed by atoms with Crippen LogP contribution in [-0.4, -0.2) is 191 Å². The molecule has 28 nitrogen and oxygen atoms in total. The molecule has 5 amide bonds. The van der Waals surface area contributed by atoms with Gasteiger partial charge in [-0.15, -0.1) is 0 Å². The van der Waals surface area contributed by atoms with Crippen LogP contribution in [0.5, 0.6) is 0 Å². The zero-order valence-electron chi connectivity index (χ0n) is 46.5. The summed E-state index contributed by atoms with van der Waals surface area (Å²) >= 11 is 0. The minimum absolute atomic E-state index is 0.134. The van der Waals surface area contributed by atoms with E-state index < -0.39 is 171 Å². The van der Waals surface area contributed by atoms with E-state index in [2.05, 4.69) is 26.0 Å². The molecule has 0 unspecified atom stereocenters. The number of aliphatic hydroxyl groups is 4. The van der Waals surface area contributed by atoms with Gasteiger partial charge < -0.3 is 84.5 Å². The minimum Gasteiger partial charge on any atom is -0.466 e. The average Bonchev–Trinajstić information content (AvgIpc) is 3.26. The largest absolute Gasteiger partial charge is 0.466 e. The number of nitro groups is 1. The van der Waals surface area contributed by atoms with Gasteiger partial charge in [0.1, 0.15) is 64.3 Å². The first-order chi connectivity index (χ1) is 35.7. The summed E-state index contributed by atoms with van der Waals surface area (Å²) in [5.41, 5.74) is -6.62. The lowest BCUT2D eigenvalue weighted by atomic mass is 9.82. The fraction of sp³-hybridized carbons (Fsp3) is 0.735. The van der Waals surface area contributed by atoms with E-state index >= 15 is 0 Å². The molecule has 0 radical (unpaired) electrons. The number of nitrogens with one attached hydrogen (secondary N) is 5. The van der Waals surface area contributed by atoms with Gasteiger partial charge in [-0.05, 0) is 121 Å². The Hall–Kier alpha value is -5.66. The first-order valence-corrected chi connectivity index (χ1v) is 26.6. The molecule has 1 saturated carbocycles. The molecule has 0 spiro atoms. The number of hydrogen-bond acceptors (Lipinski definition) is 21. The predicted molar refractivity (Wildman–Crippen MR) is 273 cm³/mol. The van der Waals surface area contributed by atoms with E-state index in [0.717, 1.165) is 17.0 Å². The Morgan fingerprint density at radius 2 is 1.31 bits per heavy atom. The molecular formula is C49H79N7O21S. The normalized spacial score (nSPS) is 27.3. The molecule has 3 aliphatic rings. The second-order valence-corrected chi connectivity index (χ2v) is 25.0. The first-order valence-electron chi connectivity index (χ1n) is 25.2. The number of alkyl carbamates (subject to hydrolysis) is 3. The molecule has 29 heteroatoms. The fourth-order valence-corrected chi connectivity index (χ4v) is 9.52. The Balaban J connectivity index is 1.79. The van der Waals surface area contributed by atoms with Gasteiger partial charge >= 0.3 is 24.4 Å². The van der Waals surface area contributed by atoms with E-state index in [0.29, 0.717) is 0 Å². The van der Waals surface area contributed by atoms with Crippen LogP contribution in [-0.2, 0) is 52.7 Å². The number of nitrogens with zero attached hydrogens (tertiary/aromatic N) is 2. The summed E-state index contributed by atoms with van der Waals surface area (Å²) in [6.45, 7) is 19.1. The van der Waals surface area contributed by atoms with Gasteiger partial charge in [-0.1, -0.05) is 12.1 Å². The van der Waals surface area contributed by atoms with Gasteiger partial charge in [0, 0.05) is 19.7 Å². The van der Waals surface area contributed by atoms with Crippen molar-refractivity contribution in [2.24, 2.45) is 0 Å². The third-order valence-electron chi connectivity index (χ3n) is 11.5. The van der Waals surface area contributed by atoms with Gasteiger partial charge in [-0.3, -0.25) is 14.9 Å². The van der Waals surface area contributed by atoms with Crippen LogP contribution in [0, 0.1) is 10.1 Å². The quantitative estimate of drug-likeness (QED) is 0.0614. The van der Waals surface area contributed by atoms with Gasteiger partial charge in [0.25, 0.3) is 5.69 Å². The highest BCUT2D eigenvalue weighted by Gasteiger charge is 2.55. The van der Waals surface area contributed by atoms with Crippen molar-refractivity contribution >= 4 is 46.0 Å². The minimum atomic E-state index is -4.59. The molecule has 1 aromatic rings. The maximum Gasteiger partial charge on any atom is 0.410 e. The summed E-state index contributed by atoms with van der Waals surface area (Å²) in [6, 6.07) is -0.979. The summed E-state index contributed by atoms with van der Waals surface area (Å²) in [7, 11) is -3.32. The number of aliphatic hydroxyl groups excluding tert-OH is 3. The number of amides is 5. The summed E-state index contributed by atoms with van der Waals surface area (Å²) in [4.78, 5) is 77.7. The molecule has 1 aromatic carbocycles. The molecule has 2 aliphatic heterocycles. The molecule has 0 bridgehead atoms. The van der Waals surface area contributed by atoms with Crippen molar-refractivity contribution in [3.63, 3.8) is 0 Å². The molecule has 12 atom stereocenters. The zero-order valence-corrected chi connectivity index (χ0v) is 47.3. The SMILES string of the molecule is CN(C(=O)OC(C)(C)C)[C@@H]1[C@@H](O)[C@@H](O[C@@H]2[C@@H](O)[C@H](O[C@H]3OC(CNS(=O)(=O)c4ccccc4[N+](=O)[O-])=CC[C@H]3NC(=O)OC(C)(C)C)[C@@H](NC(=O)OC(C)(C)C)C[C@H]2NC(=O)[C@@H](O)CCNC(=O)OC(C)(C)C)OC[C@]1(C)O. The maximum absolute atomic E-state index is 13.9. The number of carbonyl (C=O) groups excluding carboxylic acids is 5. The lowest BCUT2D eigenvalue weighted by Crippen LogP contribution is -2.71. The van der Waals surface area contributed by atoms with Crippen molar-refractivity contribution in [2.75, 3.05) is 26.7 Å². The lowest BCUT2D eigenvalue weighted by Gasteiger charge is -2.50. The molecule has 9 N–H and O–H groups in total. The van der Waals surface area contributed by atoms with Gasteiger partial charge in [0.15, 0.2) is 11.2 Å². The van der Waals surface area contributed by atoms with Crippen LogP contribution in [0.4, 0.5) is 24.9 Å². The second-order valence-electron chi connectivity index (χ2n) is 23.3. The molecule has 78 heavy (non-hydrogen) atoms. The summed E-state index contributed by atoms with van der Waals surface area (Å²) < 4.78 is 75.9. The molecule has 1 aliphatic carbocycles. The standard InChI is InChI=1S/C49H79N7O21S/c1-45(2,3)74-41(61)50-22-21-31(57)38(60)52-28-23-29(54-43(63)76-47(7,8)9)36(33(58)35(28)73-40-34(59)37(49(13,65)25-70-40)55(14)44(64)77-48(10,11)12)72-39-27(53-42(62)75-46(4,5)6)20-19-26(71-39)24-51-78(68,69)32-18-16-15-17-30(32)56(66)67/h15-19,27-29,31,33-37,39-40,51,57-59,65H,20-25H2,1-14H3,(H,50,61)(H,52,60)(H,53,62)(H,54,63)/t27-,28-,29+,31+,33-,34-,35+,36-,37-,39-,40-,49+/m1/s1. The van der Waals surface area contributed by atoms with E-state index in [1.54, 1.807) is 83.1 Å². The summed E-state index contributed by atoms with van der Waals surface area (Å²) in [5, 5.41) is 69.3. The Morgan fingerprint density at radius 1 is 0.795 bits per heavy atom. The Kier molecular flexibility index (Phi) is 21.3. The number of carbonyl (C=O) groups is 5. The van der Waals surface area contributed by atoms with Crippen LogP contribution in [0.25, 0.3) is 0 Å². The third kappa shape index (κ3) is 19.3. The van der Waals surface area contributed by atoms with E-state index in [-0.39, 0.29) is 25.1 Å². The van der Waals surface area contributed by atoms with Crippen molar-refractivity contribution < 1.29 is 95.6 Å². The van der Waals surface area contributed by atoms with E-state index in [9.17, 15) is 62.9 Å². The van der Waals surface area contributed by atoms with Gasteiger partial charge in [-0.25, -0.2) is 32.3 Å². The molecule has 0 aromatic heterocycles. The number of hydrogen-bond donors (Lipinski definition) is 9. The van der Waals surface area contributed by atoms with Crippen LogP contribution >= 0.6 is 0 Å². The molecule has 2 fully saturated rings. The van der Waals surface area contributed by atoms with Crippen LogP contribution in [0.2, 0.25) is 0 Å². The second kappa shape index (κ2) is 25.6. The number of nitro benzene ring substituents is 1. The van der Waals surface area contributed by atoms with Crippen molar-refractivity contribution in [3.8, 4) is 0 Å². The lowest BCUT2D eigenvalue weighted by molar-refractivity contribution is -0.387. The van der Waals surface area contributed by atoms with Crippen molar-refractivity contribution in [3.05, 3.63) is 46.2 Å². The van der Waals surface area contributed by atoms with Crippen LogP contribution < -0.4 is 26.0 Å². The zero-order chi connectivity index (χ0) is 59.1. The topological polar surface area (TPSA) is 381 Å². The smallest absolute Gasteiger partial charge is 0.410 e. The van der Waals surface area contributed by atoms with E-state index in [1.165, 1.54) is 32.2 Å². The number of sulfonamides is 1. The third-order valence-corrected chi connectivity index (χ3v) is 13.0. The van der Waals surface area contributed by atoms with E-state index in [1.807, 2.05) is 0 Å². The van der Waals surface area contributed by atoms with Gasteiger partial charge in [0.2, 0.25) is 22.2 Å². The van der Waals surface area contributed by atoms with Gasteiger partial charge in [0.05, 0.1) is 42.2 Å². The Bertz CT molecular complexity index is 2430. The molecule has 4 rings (SSSR count). The van der Waals surface area contributed by atoms with Crippen molar-refractivity contribution in [2.45, 2.75) is 209 Å². The highest BCUT2D eigenvalue weighted by Crippen LogP contribution is 2.35. The average molecular weight is 1130 g/mol. The summed E-state index contributed by atoms with van der Waals surface area (Å²) in [5.74, 6) is -1.20. The van der Waals surface area contributed by atoms with Crippen LogP contribution in [0.1, 0.15) is 109 Å². The number of rotatable bonds is 17. The molecule has 2 heterocycles. The Morgan fingerprint density at radius 3 is 1.86 bits per heavy atom. The van der Waals surface area contributed by atoms with E-state index in [4.69, 9.17) is 37.9 Å². The van der Waals surface area contributed by atoms with Crippen molar-refractivity contribution in [1.29, 1.82) is 0 Å². The Labute approximate surface area is 453 Å². The number of benzene rings is 1. The van der Waals surface area contributed by atoms with Crippen molar-refractivity contribution in [1.82, 2.24) is 30.9 Å². The predicted octanol–water partition coefficient (Wildman–Crippen LogP) is 2.29. The maximum atomic E-state index is 13.9. The highest BCUT2D eigenvalue weighted by molar-refractivity contribution is 7.89. The monoisotopic (exact) mass is 1130 g/mol. The molecule has 442 valence electrons. The molecular weight excluding hydrogens is 1050 g/mol. The van der Waals surface area contributed by atoms with Crippen LogP contribution in [0.15, 0.2) is 41.0 Å².